The zero-order valence-corrected chi connectivity index (χ0v) is 11.9. The first kappa shape index (κ1) is 12.9. The normalized spacial score (nSPS) is 10.4. The summed E-state index contributed by atoms with van der Waals surface area (Å²) in [5.41, 5.74) is 1.10. The summed E-state index contributed by atoms with van der Waals surface area (Å²) >= 11 is 2.94. The molecule has 0 aromatic heterocycles. The first-order valence-corrected chi connectivity index (χ1v) is 6.37. The van der Waals surface area contributed by atoms with E-state index < -0.39 is 0 Å². The van der Waals surface area contributed by atoms with Crippen LogP contribution in [-0.2, 0) is 6.54 Å². The summed E-state index contributed by atoms with van der Waals surface area (Å²) in [7, 11) is 3.42. The van der Waals surface area contributed by atoms with Crippen LogP contribution in [0, 0.1) is 0 Å². The molecule has 0 N–H and O–H groups in total. The molecule has 0 unspecified atom stereocenters. The molecule has 3 nitrogen and oxygen atoms in total. The number of carbonyl (C=O) groups excluding carboxylic acids is 1. The largest absolute Gasteiger partial charge is 0.497 e. The van der Waals surface area contributed by atoms with Gasteiger partial charge >= 0.3 is 0 Å². The van der Waals surface area contributed by atoms with Crippen molar-refractivity contribution in [1.82, 2.24) is 4.90 Å². The molecule has 0 heterocycles. The number of ether oxygens (including phenoxy) is 1. The summed E-state index contributed by atoms with van der Waals surface area (Å²) in [4.78, 5) is 12.6. The predicted octanol–water partition coefficient (Wildman–Crippen LogP) is 3.80. The van der Waals surface area contributed by atoms with Crippen molar-refractivity contribution in [2.75, 3.05) is 14.2 Å². The van der Waals surface area contributed by atoms with E-state index in [1.165, 1.54) is 0 Å². The standard InChI is InChI=1S/C14H14BrNO2/c1-16(14(15)17)9-10-3-4-12-8-13(18-2)6-5-11(12)7-10/h3-8H,9H2,1-2H3. The third-order valence-corrected chi connectivity index (χ3v) is 3.44. The quantitative estimate of drug-likeness (QED) is 0.637. The van der Waals surface area contributed by atoms with Gasteiger partial charge in [-0.15, -0.1) is 0 Å². The Hall–Kier alpha value is -1.55. The lowest BCUT2D eigenvalue weighted by molar-refractivity contribution is 0.233. The van der Waals surface area contributed by atoms with E-state index in [1.54, 1.807) is 19.1 Å². The van der Waals surface area contributed by atoms with Gasteiger partial charge < -0.3 is 9.64 Å². The van der Waals surface area contributed by atoms with Crippen molar-refractivity contribution in [3.63, 3.8) is 0 Å². The highest BCUT2D eigenvalue weighted by Crippen LogP contribution is 2.22. The number of fused-ring (bicyclic) bond motifs is 1. The van der Waals surface area contributed by atoms with E-state index >= 15 is 0 Å². The minimum Gasteiger partial charge on any atom is -0.497 e. The van der Waals surface area contributed by atoms with Crippen LogP contribution in [-0.4, -0.2) is 23.9 Å². The van der Waals surface area contributed by atoms with Gasteiger partial charge in [0, 0.05) is 29.5 Å². The number of methoxy groups -OCH3 is 1. The number of benzene rings is 2. The highest BCUT2D eigenvalue weighted by Gasteiger charge is 2.05. The van der Waals surface area contributed by atoms with E-state index in [0.29, 0.717) is 6.54 Å². The molecule has 0 radical (unpaired) electrons. The summed E-state index contributed by atoms with van der Waals surface area (Å²) in [6.07, 6.45) is 0. The minimum atomic E-state index is -0.114. The summed E-state index contributed by atoms with van der Waals surface area (Å²) in [6, 6.07) is 12.1. The van der Waals surface area contributed by atoms with Gasteiger partial charge in [0.15, 0.2) is 0 Å². The number of carbonyl (C=O) groups is 1. The smallest absolute Gasteiger partial charge is 0.289 e. The van der Waals surface area contributed by atoms with Crippen LogP contribution in [0.15, 0.2) is 36.4 Å². The Morgan fingerprint density at radius 2 is 1.89 bits per heavy atom. The first-order chi connectivity index (χ1) is 8.60. The van der Waals surface area contributed by atoms with Crippen molar-refractivity contribution in [3.05, 3.63) is 42.0 Å². The molecule has 0 fully saturated rings. The maximum Gasteiger partial charge on any atom is 0.289 e. The predicted molar refractivity (Wildman–Crippen MR) is 76.3 cm³/mol. The molecule has 0 saturated carbocycles. The topological polar surface area (TPSA) is 29.5 Å². The number of nitrogens with zero attached hydrogens (tertiary/aromatic N) is 1. The molecule has 94 valence electrons. The van der Waals surface area contributed by atoms with Crippen LogP contribution in [0.1, 0.15) is 5.56 Å². The van der Waals surface area contributed by atoms with E-state index in [-0.39, 0.29) is 4.82 Å². The highest BCUT2D eigenvalue weighted by molar-refractivity contribution is 9.18. The molecule has 4 heteroatoms. The van der Waals surface area contributed by atoms with Crippen LogP contribution < -0.4 is 4.74 Å². The minimum absolute atomic E-state index is 0.114. The molecule has 2 aromatic carbocycles. The Labute approximate surface area is 114 Å². The zero-order chi connectivity index (χ0) is 13.1. The number of halogens is 1. The lowest BCUT2D eigenvalue weighted by Gasteiger charge is -2.14. The van der Waals surface area contributed by atoms with Crippen LogP contribution in [0.5, 0.6) is 5.75 Å². The lowest BCUT2D eigenvalue weighted by atomic mass is 10.1. The van der Waals surface area contributed by atoms with Crippen LogP contribution in [0.4, 0.5) is 4.79 Å². The van der Waals surface area contributed by atoms with Crippen molar-refractivity contribution in [1.29, 1.82) is 0 Å². The van der Waals surface area contributed by atoms with E-state index in [0.717, 1.165) is 22.1 Å². The molecule has 0 saturated heterocycles. The molecular formula is C14H14BrNO2. The van der Waals surface area contributed by atoms with Crippen molar-refractivity contribution >= 4 is 31.5 Å². The fourth-order valence-electron chi connectivity index (χ4n) is 1.83. The third-order valence-electron chi connectivity index (χ3n) is 2.83. The molecule has 0 aliphatic rings. The average molecular weight is 308 g/mol. The Morgan fingerprint density at radius 3 is 2.56 bits per heavy atom. The molecular weight excluding hydrogens is 294 g/mol. The summed E-state index contributed by atoms with van der Waals surface area (Å²) < 4.78 is 5.19. The second-order valence-corrected chi connectivity index (χ2v) is 4.83. The summed E-state index contributed by atoms with van der Waals surface area (Å²) in [5.74, 6) is 0.850. The molecule has 2 rings (SSSR count). The maximum absolute atomic E-state index is 11.1. The van der Waals surface area contributed by atoms with E-state index in [1.807, 2.05) is 30.3 Å². The number of hydrogen-bond donors (Lipinski definition) is 0. The Morgan fingerprint density at radius 1 is 1.22 bits per heavy atom. The molecule has 0 atom stereocenters. The Kier molecular flexibility index (Phi) is 3.87. The number of amides is 1. The third kappa shape index (κ3) is 2.82. The average Bonchev–Trinajstić information content (AvgIpc) is 2.37. The Balaban J connectivity index is 2.30. The van der Waals surface area contributed by atoms with Gasteiger partial charge in [0.1, 0.15) is 5.75 Å². The molecule has 0 spiro atoms. The highest BCUT2D eigenvalue weighted by atomic mass is 79.9. The van der Waals surface area contributed by atoms with Gasteiger partial charge in [-0.3, -0.25) is 4.79 Å². The van der Waals surface area contributed by atoms with E-state index in [4.69, 9.17) is 4.74 Å². The van der Waals surface area contributed by atoms with Gasteiger partial charge in [-0.2, -0.15) is 0 Å². The molecule has 2 aromatic rings. The van der Waals surface area contributed by atoms with Crippen LogP contribution in [0.25, 0.3) is 10.8 Å². The number of hydrogen-bond acceptors (Lipinski definition) is 2. The van der Waals surface area contributed by atoms with Crippen LogP contribution in [0.2, 0.25) is 0 Å². The lowest BCUT2D eigenvalue weighted by Crippen LogP contribution is -2.19. The van der Waals surface area contributed by atoms with Gasteiger partial charge in [-0.05, 0) is 34.5 Å². The zero-order valence-electron chi connectivity index (χ0n) is 10.3. The van der Waals surface area contributed by atoms with Crippen molar-refractivity contribution in [2.45, 2.75) is 6.54 Å². The molecule has 0 bridgehead atoms. The van der Waals surface area contributed by atoms with Gasteiger partial charge in [-0.1, -0.05) is 18.2 Å². The SMILES string of the molecule is COc1ccc2cc(CN(C)C(=O)Br)ccc2c1. The molecule has 1 amide bonds. The fraction of sp³-hybridized carbons (Fsp3) is 0.214. The Bertz CT molecular complexity index is 583. The molecule has 18 heavy (non-hydrogen) atoms. The van der Waals surface area contributed by atoms with Gasteiger partial charge in [0.2, 0.25) is 0 Å². The van der Waals surface area contributed by atoms with E-state index in [2.05, 4.69) is 22.0 Å². The van der Waals surface area contributed by atoms with Crippen molar-refractivity contribution in [2.24, 2.45) is 0 Å². The second kappa shape index (κ2) is 5.40. The monoisotopic (exact) mass is 307 g/mol. The molecule has 0 aliphatic heterocycles. The van der Waals surface area contributed by atoms with Gasteiger partial charge in [-0.25, -0.2) is 0 Å². The molecule has 0 aliphatic carbocycles. The van der Waals surface area contributed by atoms with Gasteiger partial charge in [0.05, 0.1) is 7.11 Å². The van der Waals surface area contributed by atoms with Crippen molar-refractivity contribution < 1.29 is 9.53 Å². The summed E-state index contributed by atoms with van der Waals surface area (Å²) in [6.45, 7) is 0.589. The van der Waals surface area contributed by atoms with Gasteiger partial charge in [0.25, 0.3) is 4.82 Å². The number of rotatable bonds is 3. The first-order valence-electron chi connectivity index (χ1n) is 5.57. The van der Waals surface area contributed by atoms with E-state index in [9.17, 15) is 4.79 Å². The maximum atomic E-state index is 11.1. The summed E-state index contributed by atoms with van der Waals surface area (Å²) in [5, 5.41) is 2.27. The van der Waals surface area contributed by atoms with Crippen LogP contribution >= 0.6 is 15.9 Å². The van der Waals surface area contributed by atoms with Crippen molar-refractivity contribution in [3.8, 4) is 5.75 Å². The fourth-order valence-corrected chi connectivity index (χ4v) is 1.96. The second-order valence-electron chi connectivity index (χ2n) is 4.16. The van der Waals surface area contributed by atoms with Crippen LogP contribution in [0.3, 0.4) is 0 Å².